The molecule has 1 aromatic carbocycles. The van der Waals surface area contributed by atoms with Crippen molar-refractivity contribution in [2.24, 2.45) is 10.4 Å². The predicted molar refractivity (Wildman–Crippen MR) is 142 cm³/mol. The summed E-state index contributed by atoms with van der Waals surface area (Å²) in [5.74, 6) is 1.31. The number of carbonyl (C=O) groups excluding carboxylic acids is 2. The molecule has 11 heteroatoms. The molecule has 2 amide bonds. The zero-order valence-corrected chi connectivity index (χ0v) is 23.1. The highest BCUT2D eigenvalue weighted by atomic mass is 16.6. The monoisotopic (exact) mass is 538 g/mol. The first-order valence-electron chi connectivity index (χ1n) is 12.8. The van der Waals surface area contributed by atoms with Crippen LogP contribution < -0.4 is 10.1 Å². The maximum atomic E-state index is 13.3. The minimum Gasteiger partial charge on any atom is -0.492 e. The van der Waals surface area contributed by atoms with Gasteiger partial charge in [-0.3, -0.25) is 0 Å². The Labute approximate surface area is 227 Å². The third kappa shape index (κ3) is 5.10. The third-order valence-electron chi connectivity index (χ3n) is 6.54. The summed E-state index contributed by atoms with van der Waals surface area (Å²) in [4.78, 5) is 36.6. The van der Waals surface area contributed by atoms with Crippen LogP contribution >= 0.6 is 0 Å². The van der Waals surface area contributed by atoms with Crippen LogP contribution in [0, 0.1) is 5.41 Å². The number of imide groups is 1. The number of amides is 2. The molecular weight excluding hydrogens is 504 g/mol. The Hall–Kier alpha value is -3.86. The summed E-state index contributed by atoms with van der Waals surface area (Å²) in [6, 6.07) is 11.1. The van der Waals surface area contributed by atoms with Crippen LogP contribution in [0.15, 0.2) is 47.6 Å². The van der Waals surface area contributed by atoms with Crippen molar-refractivity contribution in [1.82, 2.24) is 9.88 Å². The normalized spacial score (nSPS) is 21.1. The van der Waals surface area contributed by atoms with Crippen molar-refractivity contribution in [1.29, 1.82) is 0 Å². The first-order valence-corrected chi connectivity index (χ1v) is 12.8. The summed E-state index contributed by atoms with van der Waals surface area (Å²) in [5.41, 5.74) is -1.76. The number of hydrogen-bond acceptors (Lipinski definition) is 10. The Bertz CT molecular complexity index is 1270. The number of aliphatic imine (C=N–C) groups is 1. The molecule has 208 valence electrons. The van der Waals surface area contributed by atoms with Crippen LogP contribution in [0.5, 0.6) is 5.75 Å². The number of ether oxygens (including phenoxy) is 5. The molecule has 1 unspecified atom stereocenters. The largest absolute Gasteiger partial charge is 0.492 e. The summed E-state index contributed by atoms with van der Waals surface area (Å²) in [6.45, 7) is 11.4. The molecule has 1 saturated heterocycles. The second-order valence-electron chi connectivity index (χ2n) is 12.0. The van der Waals surface area contributed by atoms with Crippen LogP contribution in [0.3, 0.4) is 0 Å². The fourth-order valence-corrected chi connectivity index (χ4v) is 4.70. The Morgan fingerprint density at radius 1 is 0.923 bits per heavy atom. The van der Waals surface area contributed by atoms with E-state index in [1.54, 1.807) is 47.7 Å². The number of nitrogens with zero attached hydrogens (tertiary/aromatic N) is 3. The van der Waals surface area contributed by atoms with Gasteiger partial charge in [0.15, 0.2) is 0 Å². The number of anilines is 2. The van der Waals surface area contributed by atoms with E-state index >= 15 is 0 Å². The zero-order chi connectivity index (χ0) is 28.1. The Balaban J connectivity index is 1.58. The zero-order valence-electron chi connectivity index (χ0n) is 23.1. The van der Waals surface area contributed by atoms with E-state index in [2.05, 4.69) is 10.3 Å². The molecule has 0 bridgehead atoms. The lowest BCUT2D eigenvalue weighted by molar-refractivity contribution is -0.185. The molecule has 1 aromatic heterocycles. The number of benzene rings is 1. The molecule has 2 spiro atoms. The van der Waals surface area contributed by atoms with Crippen molar-refractivity contribution < 1.29 is 33.3 Å². The molecule has 1 fully saturated rings. The van der Waals surface area contributed by atoms with Crippen LogP contribution in [-0.4, -0.2) is 65.7 Å². The third-order valence-corrected chi connectivity index (χ3v) is 6.54. The standard InChI is InChI=1S/C28H34N4O7/c1-25(2,3)38-23(33)32(24(34)39-26(4,5)6)22-31-28(17-37-22)19-13-18(30-21-9-7-8-12-29-21)10-11-20(19)36-16-27(28)14-35-15-27/h7-13H,14-17H2,1-6H3,(H,29,30). The molecule has 0 radical (unpaired) electrons. The highest BCUT2D eigenvalue weighted by Crippen LogP contribution is 2.56. The maximum Gasteiger partial charge on any atom is 0.428 e. The molecule has 0 aliphatic carbocycles. The van der Waals surface area contributed by atoms with Crippen molar-refractivity contribution in [2.45, 2.75) is 58.3 Å². The van der Waals surface area contributed by atoms with Gasteiger partial charge < -0.3 is 29.0 Å². The average Bonchev–Trinajstić information content (AvgIpc) is 3.22. The van der Waals surface area contributed by atoms with Gasteiger partial charge >= 0.3 is 18.2 Å². The number of pyridine rings is 1. The minimum atomic E-state index is -0.988. The summed E-state index contributed by atoms with van der Waals surface area (Å²) < 4.78 is 28.9. The Morgan fingerprint density at radius 3 is 2.18 bits per heavy atom. The smallest absolute Gasteiger partial charge is 0.428 e. The van der Waals surface area contributed by atoms with Gasteiger partial charge in [-0.2, -0.15) is 0 Å². The fourth-order valence-electron chi connectivity index (χ4n) is 4.70. The van der Waals surface area contributed by atoms with Gasteiger partial charge in [-0.25, -0.2) is 19.6 Å². The lowest BCUT2D eigenvalue weighted by Gasteiger charge is -2.53. The van der Waals surface area contributed by atoms with E-state index in [9.17, 15) is 9.59 Å². The number of aromatic nitrogens is 1. The van der Waals surface area contributed by atoms with E-state index in [0.717, 1.165) is 16.2 Å². The Morgan fingerprint density at radius 2 is 1.62 bits per heavy atom. The number of fused-ring (bicyclic) bond motifs is 3. The first-order chi connectivity index (χ1) is 18.3. The van der Waals surface area contributed by atoms with Crippen LogP contribution in [0.4, 0.5) is 21.1 Å². The average molecular weight is 539 g/mol. The second kappa shape index (κ2) is 9.41. The van der Waals surface area contributed by atoms with Crippen LogP contribution in [0.2, 0.25) is 0 Å². The van der Waals surface area contributed by atoms with E-state index in [1.807, 2.05) is 36.4 Å². The fraction of sp³-hybridized carbons (Fsp3) is 0.500. The van der Waals surface area contributed by atoms with E-state index in [0.29, 0.717) is 31.4 Å². The van der Waals surface area contributed by atoms with Crippen LogP contribution in [0.1, 0.15) is 47.1 Å². The molecule has 3 aliphatic heterocycles. The topological polar surface area (TPSA) is 121 Å². The van der Waals surface area contributed by atoms with Crippen molar-refractivity contribution >= 4 is 29.7 Å². The SMILES string of the molecule is CC(C)(C)OC(=O)N(C(=O)OC(C)(C)C)C1=NC2(CO1)c1cc(Nc3ccccn3)ccc1OCC21COC1. The quantitative estimate of drug-likeness (QED) is 0.564. The molecule has 1 atom stereocenters. The number of hydrogen-bond donors (Lipinski definition) is 1. The van der Waals surface area contributed by atoms with Gasteiger partial charge in [0.05, 0.1) is 18.6 Å². The second-order valence-corrected chi connectivity index (χ2v) is 12.0. The van der Waals surface area contributed by atoms with E-state index in [1.165, 1.54) is 0 Å². The van der Waals surface area contributed by atoms with Crippen LogP contribution in [0.25, 0.3) is 0 Å². The molecule has 39 heavy (non-hydrogen) atoms. The maximum absolute atomic E-state index is 13.3. The molecular formula is C28H34N4O7. The molecule has 11 nitrogen and oxygen atoms in total. The van der Waals surface area contributed by atoms with Gasteiger partial charge in [-0.1, -0.05) is 6.07 Å². The highest BCUT2D eigenvalue weighted by Gasteiger charge is 2.65. The van der Waals surface area contributed by atoms with Gasteiger partial charge in [-0.05, 0) is 71.9 Å². The van der Waals surface area contributed by atoms with Gasteiger partial charge in [0, 0.05) is 17.4 Å². The molecule has 2 aromatic rings. The van der Waals surface area contributed by atoms with Crippen molar-refractivity contribution in [2.75, 3.05) is 31.7 Å². The number of amidine groups is 1. The number of carbonyl (C=O) groups is 2. The van der Waals surface area contributed by atoms with Gasteiger partial charge in [0.1, 0.15) is 41.5 Å². The van der Waals surface area contributed by atoms with E-state index < -0.39 is 34.3 Å². The van der Waals surface area contributed by atoms with Crippen molar-refractivity contribution in [3.63, 3.8) is 0 Å². The molecule has 4 heterocycles. The lowest BCUT2D eigenvalue weighted by atomic mass is 9.64. The van der Waals surface area contributed by atoms with Crippen LogP contribution in [-0.2, 0) is 24.5 Å². The summed E-state index contributed by atoms with van der Waals surface area (Å²) in [5, 5.41) is 3.30. The van der Waals surface area contributed by atoms with Gasteiger partial charge in [0.25, 0.3) is 0 Å². The lowest BCUT2D eigenvalue weighted by Crippen LogP contribution is -2.63. The molecule has 1 N–H and O–H groups in total. The van der Waals surface area contributed by atoms with Crippen molar-refractivity contribution in [3.05, 3.63) is 48.2 Å². The van der Waals surface area contributed by atoms with Crippen molar-refractivity contribution in [3.8, 4) is 5.75 Å². The molecule has 0 saturated carbocycles. The molecule has 3 aliphatic rings. The number of nitrogens with one attached hydrogen (secondary N) is 1. The predicted octanol–water partition coefficient (Wildman–Crippen LogP) is 4.99. The summed E-state index contributed by atoms with van der Waals surface area (Å²) in [7, 11) is 0. The minimum absolute atomic E-state index is 0.0667. The summed E-state index contributed by atoms with van der Waals surface area (Å²) >= 11 is 0. The summed E-state index contributed by atoms with van der Waals surface area (Å²) in [6.07, 6.45) is -0.177. The molecule has 5 rings (SSSR count). The number of rotatable bonds is 2. The van der Waals surface area contributed by atoms with E-state index in [-0.39, 0.29) is 12.6 Å². The highest BCUT2D eigenvalue weighted by molar-refractivity contribution is 6.06. The first kappa shape index (κ1) is 26.7. The Kier molecular flexibility index (Phi) is 6.45. The van der Waals surface area contributed by atoms with E-state index in [4.69, 9.17) is 28.7 Å². The van der Waals surface area contributed by atoms with Gasteiger partial charge in [0.2, 0.25) is 0 Å². The van der Waals surface area contributed by atoms with Gasteiger partial charge in [-0.15, -0.1) is 4.90 Å².